The third kappa shape index (κ3) is 6.67. The predicted octanol–water partition coefficient (Wildman–Crippen LogP) is 3.52. The smallest absolute Gasteiger partial charge is 0.391 e. The summed E-state index contributed by atoms with van der Waals surface area (Å²) in [6, 6.07) is 1.22. The molecule has 2 rings (SSSR count). The Morgan fingerprint density at radius 3 is 2.22 bits per heavy atom. The van der Waals surface area contributed by atoms with Crippen LogP contribution in [0.4, 0.5) is 26.3 Å². The van der Waals surface area contributed by atoms with E-state index < -0.39 is 65.8 Å². The quantitative estimate of drug-likeness (QED) is 0.452. The van der Waals surface area contributed by atoms with Crippen molar-refractivity contribution in [3.8, 4) is 0 Å². The van der Waals surface area contributed by atoms with E-state index in [4.69, 9.17) is 5.73 Å². The first-order valence-corrected chi connectivity index (χ1v) is 9.55. The maximum atomic E-state index is 13.9. The van der Waals surface area contributed by atoms with Gasteiger partial charge in [-0.2, -0.15) is 13.2 Å². The lowest BCUT2D eigenvalue weighted by Gasteiger charge is -2.23. The van der Waals surface area contributed by atoms with Crippen LogP contribution in [-0.4, -0.2) is 33.7 Å². The Balaban J connectivity index is 2.32. The molecular weight excluding hydrogens is 440 g/mol. The van der Waals surface area contributed by atoms with Gasteiger partial charge in [-0.1, -0.05) is 0 Å². The average Bonchev–Trinajstić information content (AvgIpc) is 2.63. The maximum Gasteiger partial charge on any atom is 0.433 e. The van der Waals surface area contributed by atoms with Gasteiger partial charge < -0.3 is 16.2 Å². The maximum absolute atomic E-state index is 13.9. The van der Waals surface area contributed by atoms with E-state index in [1.54, 1.807) is 20.8 Å². The summed E-state index contributed by atoms with van der Waals surface area (Å²) in [5.74, 6) is -4.51. The molecule has 1 aromatic carbocycles. The highest BCUT2D eigenvalue weighted by Crippen LogP contribution is 2.29. The number of aromatic nitrogens is 1. The standard InChI is InChI=1S/C21H23F6N3O2/c1-20(2,3)30-19(32)11-4-5-18(21(25,26)27)29-16(11)9-17(31)15(28)7-10-6-13(23)14(24)8-12(10)22/h4-6,8,15,17,31H,7,9,28H2,1-3H3,(H,30,32). The van der Waals surface area contributed by atoms with Crippen LogP contribution in [0.5, 0.6) is 0 Å². The number of pyridine rings is 1. The molecule has 5 nitrogen and oxygen atoms in total. The molecule has 0 aliphatic heterocycles. The van der Waals surface area contributed by atoms with E-state index in [1.807, 2.05) is 0 Å². The number of nitrogens with one attached hydrogen (secondary N) is 1. The molecule has 0 spiro atoms. The van der Waals surface area contributed by atoms with E-state index in [0.717, 1.165) is 6.07 Å². The summed E-state index contributed by atoms with van der Waals surface area (Å²) in [6.45, 7) is 5.01. The summed E-state index contributed by atoms with van der Waals surface area (Å²) in [7, 11) is 0. The molecule has 0 saturated heterocycles. The first kappa shape index (κ1) is 25.6. The molecule has 0 aliphatic rings. The van der Waals surface area contributed by atoms with Crippen molar-refractivity contribution in [3.05, 3.63) is 64.2 Å². The molecule has 0 aliphatic carbocycles. The van der Waals surface area contributed by atoms with Crippen LogP contribution in [0.25, 0.3) is 0 Å². The zero-order valence-electron chi connectivity index (χ0n) is 17.5. The highest BCUT2D eigenvalue weighted by atomic mass is 19.4. The minimum atomic E-state index is -4.80. The summed E-state index contributed by atoms with van der Waals surface area (Å²) < 4.78 is 79.7. The van der Waals surface area contributed by atoms with Crippen LogP contribution in [0.3, 0.4) is 0 Å². The van der Waals surface area contributed by atoms with Gasteiger partial charge in [0, 0.05) is 24.1 Å². The second-order valence-electron chi connectivity index (χ2n) is 8.39. The van der Waals surface area contributed by atoms with Crippen molar-refractivity contribution in [2.24, 2.45) is 5.73 Å². The molecule has 11 heteroatoms. The number of aliphatic hydroxyl groups is 1. The molecule has 176 valence electrons. The minimum absolute atomic E-state index is 0.196. The Bertz CT molecular complexity index is 989. The molecule has 1 heterocycles. The van der Waals surface area contributed by atoms with Crippen molar-refractivity contribution in [2.45, 2.75) is 57.5 Å². The minimum Gasteiger partial charge on any atom is -0.391 e. The van der Waals surface area contributed by atoms with Gasteiger partial charge in [-0.3, -0.25) is 4.79 Å². The number of nitrogens with zero attached hydrogens (tertiary/aromatic N) is 1. The van der Waals surface area contributed by atoms with E-state index >= 15 is 0 Å². The molecule has 1 aromatic heterocycles. The van der Waals surface area contributed by atoms with Crippen LogP contribution >= 0.6 is 0 Å². The molecule has 1 amide bonds. The third-order valence-electron chi connectivity index (χ3n) is 4.44. The van der Waals surface area contributed by atoms with E-state index in [-0.39, 0.29) is 16.8 Å². The first-order chi connectivity index (χ1) is 14.6. The number of aliphatic hydroxyl groups excluding tert-OH is 1. The second-order valence-corrected chi connectivity index (χ2v) is 8.39. The van der Waals surface area contributed by atoms with Gasteiger partial charge in [-0.05, 0) is 51.0 Å². The van der Waals surface area contributed by atoms with Crippen molar-refractivity contribution >= 4 is 5.91 Å². The Morgan fingerprint density at radius 1 is 1.06 bits per heavy atom. The van der Waals surface area contributed by atoms with Crippen molar-refractivity contribution in [1.29, 1.82) is 0 Å². The van der Waals surface area contributed by atoms with Crippen LogP contribution in [0.1, 0.15) is 48.1 Å². The third-order valence-corrected chi connectivity index (χ3v) is 4.44. The van der Waals surface area contributed by atoms with Crippen molar-refractivity contribution in [2.75, 3.05) is 0 Å². The van der Waals surface area contributed by atoms with Gasteiger partial charge in [0.2, 0.25) is 0 Å². The van der Waals surface area contributed by atoms with E-state index in [1.165, 1.54) is 0 Å². The molecule has 32 heavy (non-hydrogen) atoms. The van der Waals surface area contributed by atoms with E-state index in [9.17, 15) is 36.2 Å². The molecule has 0 radical (unpaired) electrons. The average molecular weight is 463 g/mol. The van der Waals surface area contributed by atoms with Gasteiger partial charge in [0.15, 0.2) is 11.6 Å². The highest BCUT2D eigenvalue weighted by molar-refractivity contribution is 5.95. The Labute approximate surface area is 180 Å². The summed E-state index contributed by atoms with van der Waals surface area (Å²) in [5.41, 5.74) is 2.97. The van der Waals surface area contributed by atoms with Crippen molar-refractivity contribution < 1.29 is 36.2 Å². The molecular formula is C21H23F6N3O2. The number of amides is 1. The Hall–Kier alpha value is -2.66. The fourth-order valence-corrected chi connectivity index (χ4v) is 2.89. The Kier molecular flexibility index (Phi) is 7.56. The fourth-order valence-electron chi connectivity index (χ4n) is 2.89. The topological polar surface area (TPSA) is 88.2 Å². The zero-order valence-corrected chi connectivity index (χ0v) is 17.5. The van der Waals surface area contributed by atoms with Crippen molar-refractivity contribution in [3.63, 3.8) is 0 Å². The number of halogens is 6. The molecule has 2 aromatic rings. The molecule has 0 bridgehead atoms. The Morgan fingerprint density at radius 2 is 1.66 bits per heavy atom. The van der Waals surface area contributed by atoms with Gasteiger partial charge in [-0.25, -0.2) is 18.2 Å². The lowest BCUT2D eigenvalue weighted by atomic mass is 9.96. The number of carbonyl (C=O) groups excluding carboxylic acids is 1. The zero-order chi connectivity index (χ0) is 24.4. The summed E-state index contributed by atoms with van der Waals surface area (Å²) in [4.78, 5) is 16.0. The number of carbonyl (C=O) groups is 1. The molecule has 0 fully saturated rings. The summed E-state index contributed by atoms with van der Waals surface area (Å²) in [5, 5.41) is 13.0. The van der Waals surface area contributed by atoms with E-state index in [0.29, 0.717) is 18.2 Å². The van der Waals surface area contributed by atoms with Crippen LogP contribution in [0.15, 0.2) is 24.3 Å². The molecule has 0 saturated carbocycles. The monoisotopic (exact) mass is 463 g/mol. The SMILES string of the molecule is CC(C)(C)NC(=O)c1ccc(C(F)(F)F)nc1CC(O)C(N)Cc1cc(F)c(F)cc1F. The molecule has 4 N–H and O–H groups in total. The summed E-state index contributed by atoms with van der Waals surface area (Å²) >= 11 is 0. The first-order valence-electron chi connectivity index (χ1n) is 9.55. The van der Waals surface area contributed by atoms with Gasteiger partial charge in [0.1, 0.15) is 11.5 Å². The van der Waals surface area contributed by atoms with Gasteiger partial charge in [0.25, 0.3) is 5.91 Å². The number of benzene rings is 1. The van der Waals surface area contributed by atoms with Gasteiger partial charge >= 0.3 is 6.18 Å². The van der Waals surface area contributed by atoms with Crippen LogP contribution < -0.4 is 11.1 Å². The second kappa shape index (κ2) is 9.45. The van der Waals surface area contributed by atoms with Crippen molar-refractivity contribution in [1.82, 2.24) is 10.3 Å². The number of hydrogen-bond donors (Lipinski definition) is 3. The summed E-state index contributed by atoms with van der Waals surface area (Å²) in [6.07, 6.45) is -7.37. The van der Waals surface area contributed by atoms with E-state index in [2.05, 4.69) is 10.3 Å². The van der Waals surface area contributed by atoms with Gasteiger partial charge in [0.05, 0.1) is 17.4 Å². The lowest BCUT2D eigenvalue weighted by molar-refractivity contribution is -0.141. The molecule has 2 atom stereocenters. The van der Waals surface area contributed by atoms with Gasteiger partial charge in [-0.15, -0.1) is 0 Å². The fraction of sp³-hybridized carbons (Fsp3) is 0.429. The number of alkyl halides is 3. The largest absolute Gasteiger partial charge is 0.433 e. The van der Waals surface area contributed by atoms with Crippen LogP contribution in [0.2, 0.25) is 0 Å². The number of hydrogen-bond acceptors (Lipinski definition) is 4. The normalized spacial score (nSPS) is 14.2. The number of nitrogens with two attached hydrogens (primary N) is 1. The predicted molar refractivity (Wildman–Crippen MR) is 104 cm³/mol. The number of rotatable bonds is 6. The highest BCUT2D eigenvalue weighted by Gasteiger charge is 2.34. The van der Waals surface area contributed by atoms with Crippen LogP contribution in [-0.2, 0) is 19.0 Å². The van der Waals surface area contributed by atoms with Crippen LogP contribution in [0, 0.1) is 17.5 Å². The lowest BCUT2D eigenvalue weighted by Crippen LogP contribution is -2.42. The molecule has 2 unspecified atom stereocenters.